The van der Waals surface area contributed by atoms with Crippen LogP contribution in [0, 0.1) is 12.4 Å². The number of carbonyl (C=O) groups excluding carboxylic acids is 1. The highest BCUT2D eigenvalue weighted by Gasteiger charge is 2.37. The number of halogens is 2. The Kier molecular flexibility index (Phi) is 5.60. The van der Waals surface area contributed by atoms with Crippen LogP contribution in [0.15, 0.2) is 40.9 Å². The largest absolute Gasteiger partial charge is 0.466 e. The fourth-order valence-corrected chi connectivity index (χ4v) is 2.84. The smallest absolute Gasteiger partial charge is 0.335 e. The molecule has 5 nitrogen and oxygen atoms in total. The molecule has 0 bridgehead atoms. The summed E-state index contributed by atoms with van der Waals surface area (Å²) in [5.74, 6) is -2.14. The minimum atomic E-state index is -0.890. The lowest BCUT2D eigenvalue weighted by molar-refractivity contribution is -0.136. The van der Waals surface area contributed by atoms with E-state index in [1.165, 1.54) is 26.4 Å². The molecule has 0 saturated heterocycles. The number of ether oxygens (including phenoxy) is 2. The van der Waals surface area contributed by atoms with E-state index < -0.39 is 17.7 Å². The predicted octanol–water partition coefficient (Wildman–Crippen LogP) is 3.39. The third-order valence-corrected chi connectivity index (χ3v) is 3.93. The summed E-state index contributed by atoms with van der Waals surface area (Å²) >= 11 is 5.81. The van der Waals surface area contributed by atoms with Gasteiger partial charge in [-0.25, -0.2) is 14.0 Å². The van der Waals surface area contributed by atoms with Gasteiger partial charge >= 0.3 is 5.97 Å². The zero-order valence-corrected chi connectivity index (χ0v) is 14.2. The molecule has 0 saturated carbocycles. The molecule has 1 unspecified atom stereocenters. The van der Waals surface area contributed by atoms with E-state index in [0.29, 0.717) is 11.4 Å². The Balaban J connectivity index is 2.73. The molecule has 0 radical (unpaired) electrons. The quantitative estimate of drug-likeness (QED) is 0.668. The van der Waals surface area contributed by atoms with Crippen LogP contribution in [-0.4, -0.2) is 26.8 Å². The van der Waals surface area contributed by atoms with Crippen molar-refractivity contribution in [3.63, 3.8) is 0 Å². The lowest BCUT2D eigenvalue weighted by Gasteiger charge is -2.29. The van der Waals surface area contributed by atoms with E-state index in [-0.39, 0.29) is 28.5 Å². The molecule has 7 heteroatoms. The summed E-state index contributed by atoms with van der Waals surface area (Å²) in [5.41, 5.74) is 1.52. The van der Waals surface area contributed by atoms with Crippen LogP contribution in [-0.2, 0) is 14.3 Å². The third kappa shape index (κ3) is 3.28. The highest BCUT2D eigenvalue weighted by Crippen LogP contribution is 2.40. The second kappa shape index (κ2) is 7.47. The summed E-state index contributed by atoms with van der Waals surface area (Å²) in [6, 6.07) is 4.14. The Hall–Kier alpha value is -2.36. The van der Waals surface area contributed by atoms with E-state index in [4.69, 9.17) is 27.6 Å². The number of nitrogens with zero attached hydrogens (tertiary/aromatic N) is 1. The van der Waals surface area contributed by atoms with Crippen LogP contribution < -0.4 is 5.32 Å². The molecule has 24 heavy (non-hydrogen) atoms. The average Bonchev–Trinajstić information content (AvgIpc) is 2.54. The van der Waals surface area contributed by atoms with Gasteiger partial charge in [-0.3, -0.25) is 0 Å². The van der Waals surface area contributed by atoms with Crippen LogP contribution in [0.25, 0.3) is 4.85 Å². The number of benzene rings is 1. The summed E-state index contributed by atoms with van der Waals surface area (Å²) in [5, 5.41) is 3.22. The first-order valence-corrected chi connectivity index (χ1v) is 7.42. The topological polar surface area (TPSA) is 51.9 Å². The van der Waals surface area contributed by atoms with Crippen molar-refractivity contribution in [2.75, 3.05) is 20.8 Å². The summed E-state index contributed by atoms with van der Waals surface area (Å²) in [6.45, 7) is 9.24. The first kappa shape index (κ1) is 18.0. The van der Waals surface area contributed by atoms with E-state index in [1.807, 2.05) is 0 Å². The molecule has 2 rings (SSSR count). The SMILES string of the molecule is [C-]#[N+]C1=C(C)NC(COC)=C(C(=O)OC)C1c1ccc(Cl)cc1F. The molecule has 0 spiro atoms. The second-order valence-electron chi connectivity index (χ2n) is 5.16. The molecule has 126 valence electrons. The van der Waals surface area contributed by atoms with E-state index >= 15 is 0 Å². The van der Waals surface area contributed by atoms with Gasteiger partial charge in [-0.15, -0.1) is 0 Å². The van der Waals surface area contributed by atoms with Crippen molar-refractivity contribution in [1.82, 2.24) is 5.32 Å². The normalized spacial score (nSPS) is 17.4. The molecule has 1 aliphatic heterocycles. The molecule has 0 aromatic heterocycles. The zero-order chi connectivity index (χ0) is 17.9. The van der Waals surface area contributed by atoms with Gasteiger partial charge in [-0.1, -0.05) is 17.7 Å². The molecule has 1 atom stereocenters. The van der Waals surface area contributed by atoms with E-state index in [2.05, 4.69) is 10.2 Å². The Morgan fingerprint density at radius 3 is 2.71 bits per heavy atom. The van der Waals surface area contributed by atoms with E-state index in [1.54, 1.807) is 6.92 Å². The monoisotopic (exact) mass is 350 g/mol. The van der Waals surface area contributed by atoms with Gasteiger partial charge < -0.3 is 14.8 Å². The van der Waals surface area contributed by atoms with Crippen molar-refractivity contribution < 1.29 is 18.7 Å². The highest BCUT2D eigenvalue weighted by molar-refractivity contribution is 6.30. The van der Waals surface area contributed by atoms with Gasteiger partial charge in [-0.2, -0.15) is 0 Å². The zero-order valence-electron chi connectivity index (χ0n) is 13.4. The fourth-order valence-electron chi connectivity index (χ4n) is 2.68. The molecule has 1 aliphatic rings. The summed E-state index contributed by atoms with van der Waals surface area (Å²) in [4.78, 5) is 15.8. The second-order valence-corrected chi connectivity index (χ2v) is 5.60. The Labute approximate surface area is 144 Å². The van der Waals surface area contributed by atoms with Crippen molar-refractivity contribution in [3.05, 3.63) is 68.7 Å². The van der Waals surface area contributed by atoms with Gasteiger partial charge in [-0.05, 0) is 24.6 Å². The van der Waals surface area contributed by atoms with Gasteiger partial charge in [0.25, 0.3) is 0 Å². The summed E-state index contributed by atoms with van der Waals surface area (Å²) in [7, 11) is 2.71. The number of methoxy groups -OCH3 is 2. The minimum Gasteiger partial charge on any atom is -0.466 e. The van der Waals surface area contributed by atoms with Gasteiger partial charge in [0.05, 0.1) is 37.5 Å². The number of rotatable bonds is 4. The molecule has 0 amide bonds. The third-order valence-electron chi connectivity index (χ3n) is 3.70. The maximum absolute atomic E-state index is 14.5. The lowest BCUT2D eigenvalue weighted by atomic mass is 9.83. The number of hydrogen-bond acceptors (Lipinski definition) is 4. The number of nitrogens with one attached hydrogen (secondary N) is 1. The summed E-state index contributed by atoms with van der Waals surface area (Å²) < 4.78 is 24.4. The Morgan fingerprint density at radius 2 is 2.17 bits per heavy atom. The molecule has 0 aliphatic carbocycles. The molecule has 1 aromatic rings. The standard InChI is InChI=1S/C17H16ClFN2O3/c1-9-16(20-2)14(11-6-5-10(18)7-12(11)19)15(17(22)24-4)13(21-9)8-23-3/h5-7,14,21H,8H2,1,3-4H3. The molecule has 1 N–H and O–H groups in total. The van der Waals surface area contributed by atoms with Crippen molar-refractivity contribution in [1.29, 1.82) is 0 Å². The van der Waals surface area contributed by atoms with Gasteiger partial charge in [0.15, 0.2) is 5.70 Å². The van der Waals surface area contributed by atoms with Crippen LogP contribution >= 0.6 is 11.6 Å². The molecule has 0 fully saturated rings. The Morgan fingerprint density at radius 1 is 1.46 bits per heavy atom. The number of hydrogen-bond donors (Lipinski definition) is 1. The fraction of sp³-hybridized carbons (Fsp3) is 0.294. The van der Waals surface area contributed by atoms with Gasteiger partial charge in [0.2, 0.25) is 0 Å². The Bertz CT molecular complexity index is 781. The molecular formula is C17H16ClFN2O3. The number of carbonyl (C=O) groups is 1. The van der Waals surface area contributed by atoms with Crippen LogP contribution in [0.4, 0.5) is 4.39 Å². The van der Waals surface area contributed by atoms with Crippen molar-refractivity contribution in [3.8, 4) is 0 Å². The molecule has 1 aromatic carbocycles. The first-order chi connectivity index (χ1) is 11.4. The summed E-state index contributed by atoms with van der Waals surface area (Å²) in [6.07, 6.45) is 0. The van der Waals surface area contributed by atoms with Crippen LogP contribution in [0.1, 0.15) is 18.4 Å². The van der Waals surface area contributed by atoms with Crippen LogP contribution in [0.2, 0.25) is 5.02 Å². The average molecular weight is 351 g/mol. The minimum absolute atomic E-state index is 0.0960. The number of esters is 1. The highest BCUT2D eigenvalue weighted by atomic mass is 35.5. The van der Waals surface area contributed by atoms with Crippen molar-refractivity contribution >= 4 is 17.6 Å². The van der Waals surface area contributed by atoms with Crippen molar-refractivity contribution in [2.24, 2.45) is 0 Å². The van der Waals surface area contributed by atoms with Crippen LogP contribution in [0.3, 0.4) is 0 Å². The van der Waals surface area contributed by atoms with E-state index in [0.717, 1.165) is 6.07 Å². The van der Waals surface area contributed by atoms with E-state index in [9.17, 15) is 9.18 Å². The number of dihydropyridines is 1. The van der Waals surface area contributed by atoms with Gasteiger partial charge in [0.1, 0.15) is 5.82 Å². The van der Waals surface area contributed by atoms with Crippen molar-refractivity contribution in [2.45, 2.75) is 12.8 Å². The van der Waals surface area contributed by atoms with Crippen LogP contribution in [0.5, 0.6) is 0 Å². The lowest BCUT2D eigenvalue weighted by Crippen LogP contribution is -2.31. The number of allylic oxidation sites excluding steroid dienone is 2. The molecular weight excluding hydrogens is 335 g/mol. The molecule has 1 heterocycles. The maximum atomic E-state index is 14.5. The predicted molar refractivity (Wildman–Crippen MR) is 87.5 cm³/mol. The van der Waals surface area contributed by atoms with Gasteiger partial charge in [0, 0.05) is 17.8 Å². The maximum Gasteiger partial charge on any atom is 0.335 e. The first-order valence-electron chi connectivity index (χ1n) is 7.05.